The Morgan fingerprint density at radius 3 is 1.69 bits per heavy atom. The van der Waals surface area contributed by atoms with Crippen molar-refractivity contribution in [2.24, 2.45) is 0 Å². The summed E-state index contributed by atoms with van der Waals surface area (Å²) in [6.07, 6.45) is -6.95. The first-order valence-electron chi connectivity index (χ1n) is 10.0. The highest BCUT2D eigenvalue weighted by atomic mass is 19.4. The van der Waals surface area contributed by atoms with E-state index in [0.29, 0.717) is 19.1 Å². The van der Waals surface area contributed by atoms with E-state index in [1.54, 1.807) is 0 Å². The second-order valence-corrected chi connectivity index (χ2v) is 7.82. The first kappa shape index (κ1) is 20.3. The topological polar surface area (TPSA) is 30.0 Å². The summed E-state index contributed by atoms with van der Waals surface area (Å²) in [5.74, 6) is 0. The third kappa shape index (κ3) is 4.48. The second-order valence-electron chi connectivity index (χ2n) is 7.82. The fourth-order valence-corrected chi connectivity index (χ4v) is 4.37. The predicted molar refractivity (Wildman–Crippen MR) is 105 cm³/mol. The summed E-state index contributed by atoms with van der Waals surface area (Å²) in [5, 5.41) is 9.45. The smallest absolute Gasteiger partial charge is 0.370 e. The molecule has 0 aromatic heterocycles. The van der Waals surface area contributed by atoms with Crippen LogP contribution in [0, 0.1) is 0 Å². The predicted octanol–water partition coefficient (Wildman–Crippen LogP) is 2.96. The molecule has 0 saturated carbocycles. The van der Waals surface area contributed by atoms with Gasteiger partial charge in [-0.25, -0.2) is 0 Å². The molecule has 1 N–H and O–H groups in total. The van der Waals surface area contributed by atoms with Crippen LogP contribution < -0.4 is 0 Å². The summed E-state index contributed by atoms with van der Waals surface area (Å²) < 4.78 is 38.2. The van der Waals surface area contributed by atoms with Gasteiger partial charge in [0.15, 0.2) is 0 Å². The Labute approximate surface area is 169 Å². The third-order valence-corrected chi connectivity index (χ3v) is 5.99. The lowest BCUT2D eigenvalue weighted by Gasteiger charge is -2.51. The normalized spacial score (nSPS) is 21.3. The molecular weight excluding hydrogens is 379 g/mol. The zero-order valence-corrected chi connectivity index (χ0v) is 16.2. The molecule has 2 aliphatic heterocycles. The maximum absolute atomic E-state index is 12.7. The van der Waals surface area contributed by atoms with Crippen LogP contribution in [0.3, 0.4) is 0 Å². The second kappa shape index (κ2) is 8.44. The van der Waals surface area contributed by atoms with E-state index in [9.17, 15) is 18.3 Å². The quantitative estimate of drug-likeness (QED) is 0.829. The first-order chi connectivity index (χ1) is 13.9. The Kier molecular flexibility index (Phi) is 5.92. The SMILES string of the molecule is OC(N1CCN(C2CN(C(c3ccccc3)c3ccccc3)C2)CC1)C(F)(F)F. The highest BCUT2D eigenvalue weighted by Gasteiger charge is 2.44. The molecule has 0 amide bonds. The standard InChI is InChI=1S/C22H26F3N3O/c23-22(24,25)21(29)27-13-11-26(12-14-27)19-15-28(16-19)20(17-7-3-1-4-8-17)18-9-5-2-6-10-18/h1-10,19-21,29H,11-16H2. The number of likely N-dealkylation sites (tertiary alicyclic amines) is 1. The fraction of sp³-hybridized carbons (Fsp3) is 0.455. The number of aliphatic hydroxyl groups is 1. The van der Waals surface area contributed by atoms with Gasteiger partial charge in [0.25, 0.3) is 0 Å². The van der Waals surface area contributed by atoms with Crippen LogP contribution in [0.25, 0.3) is 0 Å². The van der Waals surface area contributed by atoms with Crippen LogP contribution in [0.2, 0.25) is 0 Å². The molecule has 2 saturated heterocycles. The van der Waals surface area contributed by atoms with E-state index in [4.69, 9.17) is 0 Å². The van der Waals surface area contributed by atoms with Gasteiger partial charge in [0, 0.05) is 45.3 Å². The van der Waals surface area contributed by atoms with Crippen molar-refractivity contribution in [3.63, 3.8) is 0 Å². The monoisotopic (exact) mass is 405 g/mol. The highest BCUT2D eigenvalue weighted by molar-refractivity contribution is 5.32. The van der Waals surface area contributed by atoms with Gasteiger partial charge in [-0.15, -0.1) is 0 Å². The van der Waals surface area contributed by atoms with Gasteiger partial charge in [0.2, 0.25) is 6.23 Å². The largest absolute Gasteiger partial charge is 0.428 e. The molecule has 7 heteroatoms. The molecule has 4 nitrogen and oxygen atoms in total. The molecule has 2 aromatic carbocycles. The van der Waals surface area contributed by atoms with Crippen LogP contribution >= 0.6 is 0 Å². The van der Waals surface area contributed by atoms with Crippen molar-refractivity contribution < 1.29 is 18.3 Å². The molecular formula is C22H26F3N3O. The summed E-state index contributed by atoms with van der Waals surface area (Å²) in [6, 6.07) is 21.3. The van der Waals surface area contributed by atoms with Crippen LogP contribution in [-0.4, -0.2) is 77.5 Å². The summed E-state index contributed by atoms with van der Waals surface area (Å²) in [7, 11) is 0. The maximum Gasteiger partial charge on any atom is 0.428 e. The van der Waals surface area contributed by atoms with E-state index in [1.165, 1.54) is 11.1 Å². The van der Waals surface area contributed by atoms with Crippen molar-refractivity contribution in [2.45, 2.75) is 24.5 Å². The fourth-order valence-electron chi connectivity index (χ4n) is 4.37. The van der Waals surface area contributed by atoms with Crippen LogP contribution in [0.4, 0.5) is 13.2 Å². The van der Waals surface area contributed by atoms with Crippen LogP contribution in [0.1, 0.15) is 17.2 Å². The number of halogens is 3. The van der Waals surface area contributed by atoms with Crippen molar-refractivity contribution in [1.82, 2.24) is 14.7 Å². The molecule has 2 aromatic rings. The van der Waals surface area contributed by atoms with Gasteiger partial charge < -0.3 is 5.11 Å². The van der Waals surface area contributed by atoms with Gasteiger partial charge in [-0.05, 0) is 11.1 Å². The van der Waals surface area contributed by atoms with Gasteiger partial charge in [0.1, 0.15) is 0 Å². The van der Waals surface area contributed by atoms with Gasteiger partial charge in [0.05, 0.1) is 6.04 Å². The Morgan fingerprint density at radius 2 is 1.24 bits per heavy atom. The van der Waals surface area contributed by atoms with E-state index >= 15 is 0 Å². The van der Waals surface area contributed by atoms with Gasteiger partial charge >= 0.3 is 6.18 Å². The molecule has 0 aliphatic carbocycles. The van der Waals surface area contributed by atoms with E-state index in [1.807, 2.05) is 36.4 Å². The Hall–Kier alpha value is -1.93. The van der Waals surface area contributed by atoms with Crippen molar-refractivity contribution in [1.29, 1.82) is 0 Å². The van der Waals surface area contributed by atoms with Gasteiger partial charge in [-0.1, -0.05) is 60.7 Å². The number of nitrogens with zero attached hydrogens (tertiary/aromatic N) is 3. The minimum atomic E-state index is -4.59. The maximum atomic E-state index is 12.7. The molecule has 2 heterocycles. The average molecular weight is 405 g/mol. The van der Waals surface area contributed by atoms with Crippen molar-refractivity contribution in [3.05, 3.63) is 71.8 Å². The average Bonchev–Trinajstić information content (AvgIpc) is 2.70. The Morgan fingerprint density at radius 1 is 0.759 bits per heavy atom. The van der Waals surface area contributed by atoms with Crippen molar-refractivity contribution in [3.8, 4) is 0 Å². The molecule has 0 bridgehead atoms. The summed E-state index contributed by atoms with van der Waals surface area (Å²) in [4.78, 5) is 5.79. The number of piperazine rings is 1. The first-order valence-corrected chi connectivity index (χ1v) is 10.0. The zero-order chi connectivity index (χ0) is 20.4. The van der Waals surface area contributed by atoms with Gasteiger partial charge in [-0.3, -0.25) is 14.7 Å². The number of aliphatic hydroxyl groups excluding tert-OH is 1. The molecule has 2 fully saturated rings. The minimum absolute atomic E-state index is 0.182. The number of alkyl halides is 3. The number of hydrogen-bond acceptors (Lipinski definition) is 4. The van der Waals surface area contributed by atoms with E-state index in [0.717, 1.165) is 18.0 Å². The lowest BCUT2D eigenvalue weighted by molar-refractivity contribution is -0.254. The molecule has 2 aliphatic rings. The molecule has 29 heavy (non-hydrogen) atoms. The summed E-state index contributed by atoms with van der Waals surface area (Å²) in [6.45, 7) is 3.34. The van der Waals surface area contributed by atoms with E-state index in [-0.39, 0.29) is 19.1 Å². The van der Waals surface area contributed by atoms with E-state index in [2.05, 4.69) is 34.1 Å². The molecule has 1 unspecified atom stereocenters. The molecule has 4 rings (SSSR count). The van der Waals surface area contributed by atoms with Gasteiger partial charge in [-0.2, -0.15) is 13.2 Å². The summed E-state index contributed by atoms with van der Waals surface area (Å²) in [5.41, 5.74) is 2.49. The van der Waals surface area contributed by atoms with Crippen LogP contribution in [0.5, 0.6) is 0 Å². The molecule has 1 atom stereocenters. The number of rotatable bonds is 5. The van der Waals surface area contributed by atoms with Crippen molar-refractivity contribution in [2.75, 3.05) is 39.3 Å². The zero-order valence-electron chi connectivity index (χ0n) is 16.2. The van der Waals surface area contributed by atoms with E-state index < -0.39 is 12.4 Å². The lowest BCUT2D eigenvalue weighted by atomic mass is 9.92. The lowest BCUT2D eigenvalue weighted by Crippen LogP contribution is -2.64. The van der Waals surface area contributed by atoms with Crippen LogP contribution in [0.15, 0.2) is 60.7 Å². The Bertz CT molecular complexity index is 733. The molecule has 0 radical (unpaired) electrons. The third-order valence-electron chi connectivity index (χ3n) is 5.99. The number of benzene rings is 2. The molecule has 0 spiro atoms. The number of hydrogen-bond donors (Lipinski definition) is 1. The van der Waals surface area contributed by atoms with Crippen LogP contribution in [-0.2, 0) is 0 Å². The molecule has 156 valence electrons. The highest BCUT2D eigenvalue weighted by Crippen LogP contribution is 2.34. The Balaban J connectivity index is 1.37. The van der Waals surface area contributed by atoms with Crippen molar-refractivity contribution >= 4 is 0 Å². The minimum Gasteiger partial charge on any atom is -0.370 e. The summed E-state index contributed by atoms with van der Waals surface area (Å²) >= 11 is 0.